The highest BCUT2D eigenvalue weighted by molar-refractivity contribution is 6.43. The first-order valence-corrected chi connectivity index (χ1v) is 9.53. The molecule has 8 heteroatoms. The van der Waals surface area contributed by atoms with Crippen molar-refractivity contribution in [2.24, 2.45) is 13.0 Å². The summed E-state index contributed by atoms with van der Waals surface area (Å²) in [5.74, 6) is 0.663. The van der Waals surface area contributed by atoms with Crippen LogP contribution in [-0.4, -0.2) is 20.6 Å². The summed E-state index contributed by atoms with van der Waals surface area (Å²) in [7, 11) is 1.72. The summed E-state index contributed by atoms with van der Waals surface area (Å²) in [6.07, 6.45) is 5.70. The Bertz CT molecular complexity index is 1080. The predicted octanol–water partition coefficient (Wildman–Crippen LogP) is 4.59. The van der Waals surface area contributed by atoms with Crippen LogP contribution in [-0.2, 0) is 7.05 Å². The fraction of sp³-hybridized carbons (Fsp3) is 0.316. The quantitative estimate of drug-likeness (QED) is 0.609. The molecule has 27 heavy (non-hydrogen) atoms. The van der Waals surface area contributed by atoms with Crippen LogP contribution in [0.3, 0.4) is 0 Å². The molecule has 140 valence electrons. The van der Waals surface area contributed by atoms with Crippen LogP contribution in [0, 0.1) is 5.92 Å². The van der Waals surface area contributed by atoms with Crippen LogP contribution in [0.2, 0.25) is 10.2 Å². The number of hydrogen-bond donors (Lipinski definition) is 2. The zero-order valence-electron chi connectivity index (χ0n) is 15.0. The van der Waals surface area contributed by atoms with E-state index in [1.807, 2.05) is 6.07 Å². The number of nitrogens with zero attached hydrogens (tertiary/aromatic N) is 3. The monoisotopic (exact) mass is 403 g/mol. The van der Waals surface area contributed by atoms with Gasteiger partial charge in [0.05, 0.1) is 23.3 Å². The Hall–Kier alpha value is -2.31. The third kappa shape index (κ3) is 3.59. The molecule has 0 amide bonds. The van der Waals surface area contributed by atoms with Crippen LogP contribution in [0.4, 0.5) is 17.1 Å². The van der Waals surface area contributed by atoms with Gasteiger partial charge in [-0.3, -0.25) is 9.36 Å². The van der Waals surface area contributed by atoms with Gasteiger partial charge >= 0.3 is 0 Å². The number of fused-ring (bicyclic) bond motifs is 1. The number of pyridine rings is 3. The van der Waals surface area contributed by atoms with E-state index < -0.39 is 0 Å². The lowest BCUT2D eigenvalue weighted by Crippen LogP contribution is -2.22. The molecule has 0 bridgehead atoms. The van der Waals surface area contributed by atoms with Crippen molar-refractivity contribution in [3.63, 3.8) is 0 Å². The first-order valence-electron chi connectivity index (χ1n) is 8.77. The highest BCUT2D eigenvalue weighted by Crippen LogP contribution is 2.35. The lowest BCUT2D eigenvalue weighted by atomic mass is 10.1. The Morgan fingerprint density at radius 2 is 2.00 bits per heavy atom. The van der Waals surface area contributed by atoms with Crippen molar-refractivity contribution in [2.75, 3.05) is 10.6 Å². The fourth-order valence-corrected chi connectivity index (χ4v) is 3.46. The molecule has 2 N–H and O–H groups in total. The van der Waals surface area contributed by atoms with E-state index in [1.54, 1.807) is 36.1 Å². The van der Waals surface area contributed by atoms with Crippen molar-refractivity contribution in [3.8, 4) is 0 Å². The highest BCUT2D eigenvalue weighted by Gasteiger charge is 2.28. The zero-order chi connectivity index (χ0) is 19.1. The third-order valence-corrected chi connectivity index (χ3v) is 5.68. The van der Waals surface area contributed by atoms with E-state index in [4.69, 9.17) is 23.2 Å². The van der Waals surface area contributed by atoms with E-state index in [0.29, 0.717) is 28.3 Å². The SMILES string of the molecule is C[C@@H](Nc1cc(=O)n(C)c2ncc(Nc3ccnc(Cl)c3Cl)cc12)C1CC1. The van der Waals surface area contributed by atoms with Gasteiger partial charge in [0.1, 0.15) is 15.8 Å². The number of hydrogen-bond acceptors (Lipinski definition) is 5. The second-order valence-electron chi connectivity index (χ2n) is 6.91. The number of nitrogens with one attached hydrogen (secondary N) is 2. The predicted molar refractivity (Wildman–Crippen MR) is 110 cm³/mol. The lowest BCUT2D eigenvalue weighted by molar-refractivity contribution is 0.694. The summed E-state index contributed by atoms with van der Waals surface area (Å²) >= 11 is 12.2. The minimum absolute atomic E-state index is 0.0924. The van der Waals surface area contributed by atoms with Crippen molar-refractivity contribution in [3.05, 3.63) is 51.1 Å². The van der Waals surface area contributed by atoms with Gasteiger partial charge in [-0.05, 0) is 37.8 Å². The summed E-state index contributed by atoms with van der Waals surface area (Å²) in [5.41, 5.74) is 2.71. The second-order valence-corrected chi connectivity index (χ2v) is 7.65. The minimum atomic E-state index is -0.0924. The maximum Gasteiger partial charge on any atom is 0.253 e. The third-order valence-electron chi connectivity index (χ3n) is 4.91. The van der Waals surface area contributed by atoms with E-state index in [2.05, 4.69) is 27.5 Å². The van der Waals surface area contributed by atoms with E-state index in [-0.39, 0.29) is 10.7 Å². The van der Waals surface area contributed by atoms with Crippen LogP contribution >= 0.6 is 23.2 Å². The van der Waals surface area contributed by atoms with Gasteiger partial charge in [0, 0.05) is 30.7 Å². The highest BCUT2D eigenvalue weighted by atomic mass is 35.5. The molecule has 1 fully saturated rings. The van der Waals surface area contributed by atoms with Crippen LogP contribution in [0.25, 0.3) is 11.0 Å². The Morgan fingerprint density at radius 3 is 2.74 bits per heavy atom. The van der Waals surface area contributed by atoms with Crippen molar-refractivity contribution >= 4 is 51.3 Å². The van der Waals surface area contributed by atoms with E-state index >= 15 is 0 Å². The summed E-state index contributed by atoms with van der Waals surface area (Å²) in [6, 6.07) is 5.63. The number of aromatic nitrogens is 3. The second kappa shape index (κ2) is 7.02. The fourth-order valence-electron chi connectivity index (χ4n) is 3.14. The van der Waals surface area contributed by atoms with Gasteiger partial charge < -0.3 is 10.6 Å². The molecule has 3 aromatic heterocycles. The summed E-state index contributed by atoms with van der Waals surface area (Å²) in [5, 5.41) is 8.16. The Morgan fingerprint density at radius 1 is 1.22 bits per heavy atom. The van der Waals surface area contributed by atoms with Gasteiger partial charge in [0.15, 0.2) is 0 Å². The minimum Gasteiger partial charge on any atom is -0.382 e. The van der Waals surface area contributed by atoms with Crippen molar-refractivity contribution in [1.82, 2.24) is 14.5 Å². The molecule has 1 aliphatic rings. The molecule has 0 aromatic carbocycles. The van der Waals surface area contributed by atoms with E-state index in [9.17, 15) is 4.79 Å². The lowest BCUT2D eigenvalue weighted by Gasteiger charge is -2.18. The molecule has 0 saturated heterocycles. The van der Waals surface area contributed by atoms with Gasteiger partial charge in [-0.2, -0.15) is 0 Å². The van der Waals surface area contributed by atoms with Gasteiger partial charge in [-0.15, -0.1) is 0 Å². The van der Waals surface area contributed by atoms with Gasteiger partial charge in [-0.25, -0.2) is 9.97 Å². The van der Waals surface area contributed by atoms with Crippen molar-refractivity contribution in [2.45, 2.75) is 25.8 Å². The Labute approximate surface area is 166 Å². The molecular weight excluding hydrogens is 385 g/mol. The Kier molecular flexibility index (Phi) is 4.70. The maximum atomic E-state index is 12.3. The summed E-state index contributed by atoms with van der Waals surface area (Å²) in [6.45, 7) is 2.15. The molecule has 1 saturated carbocycles. The van der Waals surface area contributed by atoms with Crippen molar-refractivity contribution < 1.29 is 0 Å². The number of rotatable bonds is 5. The van der Waals surface area contributed by atoms with E-state index in [1.165, 1.54) is 12.8 Å². The van der Waals surface area contributed by atoms with Crippen molar-refractivity contribution in [1.29, 1.82) is 0 Å². The molecule has 0 radical (unpaired) electrons. The standard InChI is InChI=1S/C19H19Cl2N5O/c1-10(11-3-4-11)24-15-8-16(27)26(2)19-13(15)7-12(9-23-19)25-14-5-6-22-18(21)17(14)20/h5-11,24H,3-4H2,1-2H3,(H,22,25)/t10-/m1/s1. The Balaban J connectivity index is 1.76. The first-order chi connectivity index (χ1) is 12.9. The smallest absolute Gasteiger partial charge is 0.253 e. The zero-order valence-corrected chi connectivity index (χ0v) is 16.5. The molecular formula is C19H19Cl2N5O. The number of anilines is 3. The average Bonchev–Trinajstić information content (AvgIpc) is 3.48. The molecule has 3 aromatic rings. The average molecular weight is 404 g/mol. The molecule has 1 aliphatic carbocycles. The molecule has 0 aliphatic heterocycles. The molecule has 0 unspecified atom stereocenters. The largest absolute Gasteiger partial charge is 0.382 e. The van der Waals surface area contributed by atoms with Gasteiger partial charge in [0.25, 0.3) is 5.56 Å². The molecule has 1 atom stereocenters. The normalized spacial score (nSPS) is 15.0. The molecule has 6 nitrogen and oxygen atoms in total. The van der Waals surface area contributed by atoms with Crippen LogP contribution in [0.15, 0.2) is 35.4 Å². The van der Waals surface area contributed by atoms with Crippen LogP contribution in [0.5, 0.6) is 0 Å². The summed E-state index contributed by atoms with van der Waals surface area (Å²) < 4.78 is 1.54. The van der Waals surface area contributed by atoms with Crippen LogP contribution < -0.4 is 16.2 Å². The van der Waals surface area contributed by atoms with Crippen LogP contribution in [0.1, 0.15) is 19.8 Å². The van der Waals surface area contributed by atoms with Gasteiger partial charge in [-0.1, -0.05) is 23.2 Å². The van der Waals surface area contributed by atoms with E-state index in [0.717, 1.165) is 16.8 Å². The molecule has 0 spiro atoms. The number of halogens is 2. The van der Waals surface area contributed by atoms with Gasteiger partial charge in [0.2, 0.25) is 0 Å². The summed E-state index contributed by atoms with van der Waals surface area (Å²) in [4.78, 5) is 20.7. The topological polar surface area (TPSA) is 71.8 Å². The molecule has 4 rings (SSSR count). The number of aryl methyl sites for hydroxylation is 1. The molecule has 3 heterocycles. The first kappa shape index (κ1) is 18.1. The maximum absolute atomic E-state index is 12.3.